The summed E-state index contributed by atoms with van der Waals surface area (Å²) < 4.78 is 38.4. The average molecular weight is 265 g/mol. The Balaban J connectivity index is 1.90. The van der Waals surface area contributed by atoms with Crippen LogP contribution in [0.1, 0.15) is 12.8 Å². The Kier molecular flexibility index (Phi) is 4.11. The van der Waals surface area contributed by atoms with Crippen LogP contribution in [-0.4, -0.2) is 67.2 Å². The first kappa shape index (κ1) is 13.6. The van der Waals surface area contributed by atoms with Crippen LogP contribution in [0.2, 0.25) is 0 Å². The first-order valence-electron chi connectivity index (χ1n) is 6.26. The molecular formula is C11H18F3N3O. The molecule has 2 saturated heterocycles. The normalized spacial score (nSPS) is 27.5. The van der Waals surface area contributed by atoms with E-state index < -0.39 is 12.2 Å². The monoisotopic (exact) mass is 265 g/mol. The summed E-state index contributed by atoms with van der Waals surface area (Å²) in [5, 5.41) is 2.28. The lowest BCUT2D eigenvalue weighted by atomic mass is 10.2. The fourth-order valence-corrected chi connectivity index (χ4v) is 2.52. The molecular weight excluding hydrogens is 247 g/mol. The molecule has 1 atom stereocenters. The van der Waals surface area contributed by atoms with Gasteiger partial charge in [0.25, 0.3) is 0 Å². The van der Waals surface area contributed by atoms with Gasteiger partial charge < -0.3 is 10.2 Å². The van der Waals surface area contributed by atoms with Crippen LogP contribution in [0.15, 0.2) is 0 Å². The van der Waals surface area contributed by atoms with E-state index in [1.807, 2.05) is 0 Å². The second-order valence-corrected chi connectivity index (χ2v) is 4.88. The number of halogens is 3. The van der Waals surface area contributed by atoms with Gasteiger partial charge in [0.1, 0.15) is 6.04 Å². The van der Waals surface area contributed by atoms with Crippen molar-refractivity contribution in [1.82, 2.24) is 15.1 Å². The molecule has 4 nitrogen and oxygen atoms in total. The highest BCUT2D eigenvalue weighted by Crippen LogP contribution is 2.25. The number of nitrogens with zero attached hydrogens (tertiary/aromatic N) is 2. The zero-order valence-electron chi connectivity index (χ0n) is 10.2. The molecule has 0 aromatic heterocycles. The number of likely N-dealkylation sites (tertiary alicyclic amines) is 1. The highest BCUT2D eigenvalue weighted by molar-refractivity contribution is 5.78. The van der Waals surface area contributed by atoms with Gasteiger partial charge in [-0.3, -0.25) is 9.69 Å². The van der Waals surface area contributed by atoms with Gasteiger partial charge in [-0.25, -0.2) is 0 Å². The van der Waals surface area contributed by atoms with Crippen LogP contribution in [0.4, 0.5) is 13.2 Å². The molecule has 0 bridgehead atoms. The van der Waals surface area contributed by atoms with Gasteiger partial charge in [-0.2, -0.15) is 13.2 Å². The molecule has 2 fully saturated rings. The van der Waals surface area contributed by atoms with Gasteiger partial charge in [0.15, 0.2) is 0 Å². The third-order valence-corrected chi connectivity index (χ3v) is 3.56. The Morgan fingerprint density at radius 3 is 2.50 bits per heavy atom. The van der Waals surface area contributed by atoms with Crippen molar-refractivity contribution in [3.05, 3.63) is 0 Å². The molecule has 2 heterocycles. The van der Waals surface area contributed by atoms with Crippen LogP contribution in [0.5, 0.6) is 0 Å². The minimum absolute atomic E-state index is 0.155. The van der Waals surface area contributed by atoms with Crippen molar-refractivity contribution in [2.24, 2.45) is 0 Å². The number of hydrogen-bond acceptors (Lipinski definition) is 3. The third-order valence-electron chi connectivity index (χ3n) is 3.56. The van der Waals surface area contributed by atoms with Gasteiger partial charge >= 0.3 is 6.18 Å². The molecule has 1 unspecified atom stereocenters. The van der Waals surface area contributed by atoms with Gasteiger partial charge in [0.05, 0.1) is 6.54 Å². The maximum absolute atomic E-state index is 12.8. The molecule has 0 spiro atoms. The predicted octanol–water partition coefficient (Wildman–Crippen LogP) is 0.445. The maximum atomic E-state index is 12.8. The van der Waals surface area contributed by atoms with Gasteiger partial charge in [-0.15, -0.1) is 0 Å². The van der Waals surface area contributed by atoms with E-state index in [9.17, 15) is 18.0 Å². The number of hydrogen-bond donors (Lipinski definition) is 1. The van der Waals surface area contributed by atoms with Crippen LogP contribution in [-0.2, 0) is 4.79 Å². The zero-order valence-corrected chi connectivity index (χ0v) is 10.2. The molecule has 2 rings (SSSR count). The van der Waals surface area contributed by atoms with E-state index in [1.54, 1.807) is 0 Å². The van der Waals surface area contributed by atoms with E-state index in [4.69, 9.17) is 0 Å². The highest BCUT2D eigenvalue weighted by atomic mass is 19.4. The van der Waals surface area contributed by atoms with Crippen LogP contribution < -0.4 is 5.32 Å². The summed E-state index contributed by atoms with van der Waals surface area (Å²) in [6, 6.07) is -1.54. The molecule has 1 N–H and O–H groups in total. The summed E-state index contributed by atoms with van der Waals surface area (Å²) in [6.07, 6.45) is -2.05. The van der Waals surface area contributed by atoms with Crippen molar-refractivity contribution in [1.29, 1.82) is 0 Å². The molecule has 2 aliphatic heterocycles. The number of amides is 1. The molecule has 104 valence electrons. The maximum Gasteiger partial charge on any atom is 0.405 e. The summed E-state index contributed by atoms with van der Waals surface area (Å²) in [5.41, 5.74) is 0. The summed E-state index contributed by atoms with van der Waals surface area (Å²) in [7, 11) is 0. The number of rotatable bonds is 3. The number of carbonyl (C=O) groups excluding carboxylic acids is 1. The summed E-state index contributed by atoms with van der Waals surface area (Å²) in [4.78, 5) is 14.6. The lowest BCUT2D eigenvalue weighted by Gasteiger charge is -2.37. The Morgan fingerprint density at radius 1 is 1.22 bits per heavy atom. The van der Waals surface area contributed by atoms with Crippen LogP contribution in [0, 0.1) is 0 Å². The smallest absolute Gasteiger partial charge is 0.353 e. The van der Waals surface area contributed by atoms with Crippen molar-refractivity contribution in [2.45, 2.75) is 25.1 Å². The molecule has 0 aromatic rings. The second-order valence-electron chi connectivity index (χ2n) is 4.88. The molecule has 0 radical (unpaired) electrons. The lowest BCUT2D eigenvalue weighted by Crippen LogP contribution is -2.60. The van der Waals surface area contributed by atoms with E-state index in [-0.39, 0.29) is 19.0 Å². The van der Waals surface area contributed by atoms with Crippen molar-refractivity contribution in [2.75, 3.05) is 39.3 Å². The third kappa shape index (κ3) is 3.35. The molecule has 1 amide bonds. The van der Waals surface area contributed by atoms with Gasteiger partial charge in [-0.1, -0.05) is 0 Å². The van der Waals surface area contributed by atoms with E-state index in [1.165, 1.54) is 4.90 Å². The van der Waals surface area contributed by atoms with E-state index >= 15 is 0 Å². The summed E-state index contributed by atoms with van der Waals surface area (Å²) in [5.74, 6) is -0.322. The fraction of sp³-hybridized carbons (Fsp3) is 0.909. The average Bonchev–Trinajstić information content (AvgIpc) is 2.77. The summed E-state index contributed by atoms with van der Waals surface area (Å²) >= 11 is 0. The minimum atomic E-state index is -4.28. The van der Waals surface area contributed by atoms with Crippen molar-refractivity contribution < 1.29 is 18.0 Å². The highest BCUT2D eigenvalue weighted by Gasteiger charge is 2.46. The quantitative estimate of drug-likeness (QED) is 0.804. The Hall–Kier alpha value is -0.820. The number of nitrogens with one attached hydrogen (secondary N) is 1. The lowest BCUT2D eigenvalue weighted by molar-refractivity contribution is -0.189. The number of piperazine rings is 1. The van der Waals surface area contributed by atoms with E-state index in [2.05, 4.69) is 10.2 Å². The largest absolute Gasteiger partial charge is 0.405 e. The Labute approximate surface area is 104 Å². The topological polar surface area (TPSA) is 35.6 Å². The first-order chi connectivity index (χ1) is 8.47. The molecule has 0 aliphatic carbocycles. The fourth-order valence-electron chi connectivity index (χ4n) is 2.52. The number of alkyl halides is 3. The first-order valence-corrected chi connectivity index (χ1v) is 6.26. The van der Waals surface area contributed by atoms with Gasteiger partial charge in [-0.05, 0) is 25.9 Å². The van der Waals surface area contributed by atoms with E-state index in [0.717, 1.165) is 25.9 Å². The predicted molar refractivity (Wildman–Crippen MR) is 60.1 cm³/mol. The SMILES string of the molecule is O=C1CN(CCN2CCCC2)C(C(F)(F)F)CN1. The molecule has 0 saturated carbocycles. The Bertz CT molecular complexity index is 302. The van der Waals surface area contributed by atoms with Gasteiger partial charge in [0.2, 0.25) is 5.91 Å². The van der Waals surface area contributed by atoms with Crippen LogP contribution >= 0.6 is 0 Å². The van der Waals surface area contributed by atoms with Crippen molar-refractivity contribution in [3.63, 3.8) is 0 Å². The minimum Gasteiger partial charge on any atom is -0.353 e. The van der Waals surface area contributed by atoms with Crippen molar-refractivity contribution >= 4 is 5.91 Å². The zero-order chi connectivity index (χ0) is 13.2. The second kappa shape index (κ2) is 5.44. The summed E-state index contributed by atoms with van der Waals surface area (Å²) in [6.45, 7) is 2.34. The standard InChI is InChI=1S/C11H18F3N3O/c12-11(13,14)9-7-15-10(18)8-17(9)6-5-16-3-1-2-4-16/h9H,1-8H2,(H,15,18). The van der Waals surface area contributed by atoms with Gasteiger partial charge in [0, 0.05) is 19.6 Å². The van der Waals surface area contributed by atoms with Crippen LogP contribution in [0.3, 0.4) is 0 Å². The number of carbonyl (C=O) groups is 1. The Morgan fingerprint density at radius 2 is 1.89 bits per heavy atom. The van der Waals surface area contributed by atoms with E-state index in [0.29, 0.717) is 13.1 Å². The molecule has 2 aliphatic rings. The molecule has 7 heteroatoms. The molecule has 18 heavy (non-hydrogen) atoms. The molecule has 0 aromatic carbocycles. The van der Waals surface area contributed by atoms with Crippen molar-refractivity contribution in [3.8, 4) is 0 Å². The van der Waals surface area contributed by atoms with Crippen LogP contribution in [0.25, 0.3) is 0 Å².